The molecule has 0 bridgehead atoms. The monoisotopic (exact) mass is 260 g/mol. The number of amides is 1. The number of benzene rings is 1. The molecule has 19 heavy (non-hydrogen) atoms. The van der Waals surface area contributed by atoms with E-state index in [0.29, 0.717) is 11.7 Å². The molecule has 0 saturated heterocycles. The largest absolute Gasteiger partial charge is 0.399 e. The molecule has 1 atom stereocenters. The Hall–Kier alpha value is -1.51. The minimum absolute atomic E-state index is 0.123. The maximum absolute atomic E-state index is 12.3. The number of nitrogen functional groups attached to an aromatic ring is 1. The van der Waals surface area contributed by atoms with Crippen molar-refractivity contribution >= 4 is 11.6 Å². The Morgan fingerprint density at radius 3 is 2.58 bits per heavy atom. The Morgan fingerprint density at radius 1 is 1.26 bits per heavy atom. The Balaban J connectivity index is 1.95. The predicted octanol–water partition coefficient (Wildman–Crippen LogP) is 3.21. The van der Waals surface area contributed by atoms with Gasteiger partial charge in [0.05, 0.1) is 5.92 Å². The minimum Gasteiger partial charge on any atom is -0.399 e. The summed E-state index contributed by atoms with van der Waals surface area (Å²) in [5, 5.41) is 3.20. The van der Waals surface area contributed by atoms with Crippen LogP contribution in [0.5, 0.6) is 0 Å². The number of nitrogens with two attached hydrogens (primary N) is 1. The molecule has 0 heterocycles. The average molecular weight is 260 g/mol. The van der Waals surface area contributed by atoms with E-state index in [4.69, 9.17) is 5.73 Å². The first-order chi connectivity index (χ1) is 9.16. The van der Waals surface area contributed by atoms with Crippen LogP contribution in [0.3, 0.4) is 0 Å². The van der Waals surface area contributed by atoms with E-state index in [2.05, 4.69) is 5.32 Å². The zero-order valence-corrected chi connectivity index (χ0v) is 11.7. The predicted molar refractivity (Wildman–Crippen MR) is 78.9 cm³/mol. The Bertz CT molecular complexity index is 423. The van der Waals surface area contributed by atoms with Gasteiger partial charge >= 0.3 is 0 Å². The van der Waals surface area contributed by atoms with Gasteiger partial charge in [-0.1, -0.05) is 37.8 Å². The molecule has 1 aromatic carbocycles. The van der Waals surface area contributed by atoms with E-state index in [1.165, 1.54) is 25.7 Å². The van der Waals surface area contributed by atoms with Gasteiger partial charge in [-0.05, 0) is 37.5 Å². The summed E-state index contributed by atoms with van der Waals surface area (Å²) in [5.41, 5.74) is 7.48. The molecular weight excluding hydrogens is 236 g/mol. The Labute approximate surface area is 115 Å². The average Bonchev–Trinajstić information content (AvgIpc) is 2.66. The molecule has 1 aliphatic carbocycles. The maximum Gasteiger partial charge on any atom is 0.227 e. The molecule has 1 aromatic rings. The summed E-state index contributed by atoms with van der Waals surface area (Å²) in [5.74, 6) is -0.00995. The van der Waals surface area contributed by atoms with Crippen LogP contribution in [-0.4, -0.2) is 11.9 Å². The number of nitrogens with one attached hydrogen (secondary N) is 1. The lowest BCUT2D eigenvalue weighted by atomic mass is 9.98. The molecule has 0 radical (unpaired) electrons. The van der Waals surface area contributed by atoms with Gasteiger partial charge in [0.15, 0.2) is 0 Å². The van der Waals surface area contributed by atoms with Crippen LogP contribution in [0.4, 0.5) is 5.69 Å². The fourth-order valence-corrected chi connectivity index (χ4v) is 2.73. The van der Waals surface area contributed by atoms with Crippen molar-refractivity contribution in [3.63, 3.8) is 0 Å². The summed E-state index contributed by atoms with van der Waals surface area (Å²) in [6.45, 7) is 1.95. The van der Waals surface area contributed by atoms with Crippen LogP contribution in [0.2, 0.25) is 0 Å². The molecule has 104 valence electrons. The van der Waals surface area contributed by atoms with Crippen molar-refractivity contribution in [1.29, 1.82) is 0 Å². The van der Waals surface area contributed by atoms with Crippen LogP contribution in [0, 0.1) is 0 Å². The van der Waals surface area contributed by atoms with Crippen molar-refractivity contribution in [3.8, 4) is 0 Å². The van der Waals surface area contributed by atoms with Gasteiger partial charge in [0, 0.05) is 11.7 Å². The highest BCUT2D eigenvalue weighted by Crippen LogP contribution is 2.21. The summed E-state index contributed by atoms with van der Waals surface area (Å²) in [6.07, 6.45) is 7.31. The molecule has 3 nitrogen and oxygen atoms in total. The second kappa shape index (κ2) is 6.60. The summed E-state index contributed by atoms with van der Waals surface area (Å²) in [6, 6.07) is 7.96. The second-order valence-corrected chi connectivity index (χ2v) is 5.59. The van der Waals surface area contributed by atoms with Crippen LogP contribution in [-0.2, 0) is 4.79 Å². The van der Waals surface area contributed by atoms with Gasteiger partial charge < -0.3 is 11.1 Å². The highest BCUT2D eigenvalue weighted by atomic mass is 16.1. The molecular formula is C16H24N2O. The molecule has 1 amide bonds. The Morgan fingerprint density at radius 2 is 1.95 bits per heavy atom. The van der Waals surface area contributed by atoms with Crippen molar-refractivity contribution in [2.24, 2.45) is 0 Å². The number of hydrogen-bond donors (Lipinski definition) is 2. The molecule has 2 rings (SSSR count). The standard InChI is InChI=1S/C16H24N2O/c1-12(13-7-6-8-14(17)11-13)16(19)18-15-9-4-2-3-5-10-15/h6-8,11-12,15H,2-5,9-10,17H2,1H3,(H,18,19). The van der Waals surface area contributed by atoms with Gasteiger partial charge in [-0.3, -0.25) is 4.79 Å². The molecule has 3 N–H and O–H groups in total. The van der Waals surface area contributed by atoms with E-state index in [1.807, 2.05) is 31.2 Å². The zero-order chi connectivity index (χ0) is 13.7. The number of carbonyl (C=O) groups is 1. The summed E-state index contributed by atoms with van der Waals surface area (Å²) in [4.78, 5) is 12.3. The first-order valence-corrected chi connectivity index (χ1v) is 7.32. The fourth-order valence-electron chi connectivity index (χ4n) is 2.73. The molecule has 1 saturated carbocycles. The SMILES string of the molecule is CC(C(=O)NC1CCCCCC1)c1cccc(N)c1. The summed E-state index contributed by atoms with van der Waals surface area (Å²) < 4.78 is 0. The summed E-state index contributed by atoms with van der Waals surface area (Å²) in [7, 11) is 0. The van der Waals surface area contributed by atoms with Gasteiger partial charge in [-0.25, -0.2) is 0 Å². The molecule has 3 heteroatoms. The van der Waals surface area contributed by atoms with E-state index in [1.54, 1.807) is 0 Å². The van der Waals surface area contributed by atoms with Crippen LogP contribution in [0.25, 0.3) is 0 Å². The maximum atomic E-state index is 12.3. The normalized spacial score (nSPS) is 18.6. The van der Waals surface area contributed by atoms with Crippen molar-refractivity contribution < 1.29 is 4.79 Å². The van der Waals surface area contributed by atoms with Crippen molar-refractivity contribution in [3.05, 3.63) is 29.8 Å². The number of anilines is 1. The quantitative estimate of drug-likeness (QED) is 0.647. The Kier molecular flexibility index (Phi) is 4.83. The third kappa shape index (κ3) is 3.98. The summed E-state index contributed by atoms with van der Waals surface area (Å²) >= 11 is 0. The minimum atomic E-state index is -0.133. The van der Waals surface area contributed by atoms with E-state index in [0.717, 1.165) is 18.4 Å². The van der Waals surface area contributed by atoms with Crippen molar-refractivity contribution in [1.82, 2.24) is 5.32 Å². The van der Waals surface area contributed by atoms with E-state index >= 15 is 0 Å². The molecule has 0 aromatic heterocycles. The van der Waals surface area contributed by atoms with Gasteiger partial charge in [0.1, 0.15) is 0 Å². The van der Waals surface area contributed by atoms with E-state index in [9.17, 15) is 4.79 Å². The second-order valence-electron chi connectivity index (χ2n) is 5.59. The molecule has 1 fully saturated rings. The van der Waals surface area contributed by atoms with E-state index < -0.39 is 0 Å². The zero-order valence-electron chi connectivity index (χ0n) is 11.7. The lowest BCUT2D eigenvalue weighted by Gasteiger charge is -2.19. The van der Waals surface area contributed by atoms with Crippen LogP contribution < -0.4 is 11.1 Å². The highest BCUT2D eigenvalue weighted by molar-refractivity contribution is 5.83. The lowest BCUT2D eigenvalue weighted by Crippen LogP contribution is -2.37. The van der Waals surface area contributed by atoms with Crippen LogP contribution in [0.1, 0.15) is 56.9 Å². The van der Waals surface area contributed by atoms with Crippen molar-refractivity contribution in [2.75, 3.05) is 5.73 Å². The van der Waals surface area contributed by atoms with Gasteiger partial charge in [0.2, 0.25) is 5.91 Å². The fraction of sp³-hybridized carbons (Fsp3) is 0.562. The number of hydrogen-bond acceptors (Lipinski definition) is 2. The van der Waals surface area contributed by atoms with E-state index in [-0.39, 0.29) is 11.8 Å². The first kappa shape index (κ1) is 13.9. The lowest BCUT2D eigenvalue weighted by molar-refractivity contribution is -0.123. The molecule has 0 spiro atoms. The highest BCUT2D eigenvalue weighted by Gasteiger charge is 2.20. The number of carbonyl (C=O) groups excluding carboxylic acids is 1. The van der Waals surface area contributed by atoms with Crippen LogP contribution in [0.15, 0.2) is 24.3 Å². The molecule has 1 unspecified atom stereocenters. The smallest absolute Gasteiger partial charge is 0.227 e. The molecule has 1 aliphatic rings. The topological polar surface area (TPSA) is 55.1 Å². The van der Waals surface area contributed by atoms with Crippen molar-refractivity contribution in [2.45, 2.75) is 57.4 Å². The van der Waals surface area contributed by atoms with Gasteiger partial charge in [-0.2, -0.15) is 0 Å². The van der Waals surface area contributed by atoms with Gasteiger partial charge in [-0.15, -0.1) is 0 Å². The number of rotatable bonds is 3. The van der Waals surface area contributed by atoms with Gasteiger partial charge in [0.25, 0.3) is 0 Å². The third-order valence-electron chi connectivity index (χ3n) is 4.01. The third-order valence-corrected chi connectivity index (χ3v) is 4.01. The van der Waals surface area contributed by atoms with Crippen LogP contribution >= 0.6 is 0 Å². The molecule has 0 aliphatic heterocycles. The first-order valence-electron chi connectivity index (χ1n) is 7.32.